The van der Waals surface area contributed by atoms with Crippen LogP contribution in [0, 0.1) is 0 Å². The summed E-state index contributed by atoms with van der Waals surface area (Å²) < 4.78 is 37.6. The van der Waals surface area contributed by atoms with E-state index < -0.39 is 42.1 Å². The molecule has 1 heterocycles. The molecule has 1 unspecified atom stereocenters. The van der Waals surface area contributed by atoms with Gasteiger partial charge in [-0.05, 0) is 18.6 Å². The van der Waals surface area contributed by atoms with E-state index in [-0.39, 0.29) is 13.0 Å². The van der Waals surface area contributed by atoms with E-state index in [0.717, 1.165) is 6.07 Å². The molecule has 0 fully saturated rings. The topological polar surface area (TPSA) is 93.9 Å². The molecule has 118 valence electrons. The number of aromatic nitrogens is 1. The Kier molecular flexibility index (Phi) is 5.36. The largest absolute Gasteiger partial charge is 0.506 e. The Morgan fingerprint density at radius 2 is 2.05 bits per heavy atom. The molecule has 1 aromatic rings. The van der Waals surface area contributed by atoms with Gasteiger partial charge in [0.25, 0.3) is 0 Å². The summed E-state index contributed by atoms with van der Waals surface area (Å²) in [5, 5.41) is 27.9. The Labute approximate surface area is 118 Å². The number of alkyl halides is 3. The number of hydrogen-bond donors (Lipinski definition) is 3. The van der Waals surface area contributed by atoms with Crippen LogP contribution in [0.25, 0.3) is 0 Å². The van der Waals surface area contributed by atoms with E-state index in [1.807, 2.05) is 0 Å². The third-order valence-corrected chi connectivity index (χ3v) is 2.75. The minimum absolute atomic E-state index is 0.284. The predicted molar refractivity (Wildman–Crippen MR) is 65.6 cm³/mol. The summed E-state index contributed by atoms with van der Waals surface area (Å²) in [5.41, 5.74) is -1.65. The van der Waals surface area contributed by atoms with Gasteiger partial charge in [-0.15, -0.1) is 0 Å². The third-order valence-electron chi connectivity index (χ3n) is 2.75. The summed E-state index contributed by atoms with van der Waals surface area (Å²) in [4.78, 5) is 15.0. The maximum absolute atomic E-state index is 12.5. The van der Waals surface area contributed by atoms with Gasteiger partial charge in [0.15, 0.2) is 0 Å². The summed E-state index contributed by atoms with van der Waals surface area (Å²) in [6, 6.07) is 1.41. The van der Waals surface area contributed by atoms with E-state index in [4.69, 9.17) is 5.11 Å². The first-order chi connectivity index (χ1) is 9.65. The smallest absolute Gasteiger partial charge is 0.433 e. The van der Waals surface area contributed by atoms with E-state index in [2.05, 4.69) is 4.98 Å². The Morgan fingerprint density at radius 3 is 2.52 bits per heavy atom. The van der Waals surface area contributed by atoms with Gasteiger partial charge in [0.2, 0.25) is 0 Å². The van der Waals surface area contributed by atoms with Crippen LogP contribution in [0.4, 0.5) is 18.0 Å². The summed E-state index contributed by atoms with van der Waals surface area (Å²) >= 11 is 0. The molecule has 3 N–H and O–H groups in total. The number of nitrogens with zero attached hydrogens (tertiary/aromatic N) is 2. The second kappa shape index (κ2) is 6.61. The first kappa shape index (κ1) is 17.0. The summed E-state index contributed by atoms with van der Waals surface area (Å²) in [5.74, 6) is -0.541. The van der Waals surface area contributed by atoms with Crippen molar-refractivity contribution >= 4 is 6.09 Å². The van der Waals surface area contributed by atoms with Crippen molar-refractivity contribution in [1.82, 2.24) is 9.88 Å². The first-order valence-electron chi connectivity index (χ1n) is 6.07. The average molecular weight is 308 g/mol. The Bertz CT molecular complexity index is 508. The molecule has 6 nitrogen and oxygen atoms in total. The van der Waals surface area contributed by atoms with Crippen LogP contribution in [0.2, 0.25) is 0 Å². The van der Waals surface area contributed by atoms with Crippen LogP contribution in [0.1, 0.15) is 24.7 Å². The van der Waals surface area contributed by atoms with Gasteiger partial charge in [0.1, 0.15) is 17.1 Å². The molecule has 9 heteroatoms. The standard InChI is InChI=1S/C12H15F3N2O4/c1-2-7(18)5-17(11(20)21)6-8-9(19)3-4-10(16-8)12(13,14)15/h3-4,7,18-19H,2,5-6H2,1H3,(H,20,21). The number of hydrogen-bond acceptors (Lipinski definition) is 4. The lowest BCUT2D eigenvalue weighted by Crippen LogP contribution is -2.36. The highest BCUT2D eigenvalue weighted by molar-refractivity contribution is 5.65. The molecule has 0 aromatic carbocycles. The lowest BCUT2D eigenvalue weighted by Gasteiger charge is -2.22. The molecule has 1 amide bonds. The summed E-state index contributed by atoms with van der Waals surface area (Å²) in [6.07, 6.45) is -6.79. The normalized spacial score (nSPS) is 13.0. The molecule has 0 aliphatic rings. The lowest BCUT2D eigenvalue weighted by molar-refractivity contribution is -0.141. The van der Waals surface area contributed by atoms with Gasteiger partial charge in [-0.3, -0.25) is 4.90 Å². The third kappa shape index (κ3) is 4.78. The van der Waals surface area contributed by atoms with Crippen LogP contribution >= 0.6 is 0 Å². The van der Waals surface area contributed by atoms with Gasteiger partial charge >= 0.3 is 12.3 Å². The van der Waals surface area contributed by atoms with Crippen molar-refractivity contribution in [3.8, 4) is 5.75 Å². The number of aliphatic hydroxyl groups excluding tert-OH is 1. The van der Waals surface area contributed by atoms with Crippen molar-refractivity contribution in [3.05, 3.63) is 23.5 Å². The second-order valence-electron chi connectivity index (χ2n) is 4.39. The average Bonchev–Trinajstić information content (AvgIpc) is 2.38. The molecule has 1 rings (SSSR count). The molecule has 21 heavy (non-hydrogen) atoms. The zero-order chi connectivity index (χ0) is 16.2. The van der Waals surface area contributed by atoms with Gasteiger partial charge in [-0.2, -0.15) is 13.2 Å². The molecular weight excluding hydrogens is 293 g/mol. The highest BCUT2D eigenvalue weighted by atomic mass is 19.4. The summed E-state index contributed by atoms with van der Waals surface area (Å²) in [6.45, 7) is 0.788. The predicted octanol–water partition coefficient (Wildman–Crippen LogP) is 2.06. The highest BCUT2D eigenvalue weighted by Gasteiger charge is 2.33. The zero-order valence-corrected chi connectivity index (χ0v) is 11.1. The number of carbonyl (C=O) groups is 1. The number of aliphatic hydroxyl groups is 1. The van der Waals surface area contributed by atoms with E-state index in [1.165, 1.54) is 0 Å². The molecule has 0 aliphatic carbocycles. The molecule has 0 radical (unpaired) electrons. The number of halogens is 3. The van der Waals surface area contributed by atoms with Crippen LogP contribution < -0.4 is 0 Å². The Balaban J connectivity index is 3.00. The second-order valence-corrected chi connectivity index (χ2v) is 4.39. The molecule has 0 saturated carbocycles. The summed E-state index contributed by atoms with van der Waals surface area (Å²) in [7, 11) is 0. The molecule has 1 aromatic heterocycles. The molecule has 0 saturated heterocycles. The number of pyridine rings is 1. The minimum Gasteiger partial charge on any atom is -0.506 e. The van der Waals surface area contributed by atoms with Gasteiger partial charge in [0.05, 0.1) is 19.2 Å². The minimum atomic E-state index is -4.70. The van der Waals surface area contributed by atoms with E-state index >= 15 is 0 Å². The van der Waals surface area contributed by atoms with Crippen molar-refractivity contribution in [2.24, 2.45) is 0 Å². The van der Waals surface area contributed by atoms with E-state index in [9.17, 15) is 28.2 Å². The fourth-order valence-electron chi connectivity index (χ4n) is 1.54. The van der Waals surface area contributed by atoms with Crippen molar-refractivity contribution in [2.45, 2.75) is 32.2 Å². The number of amides is 1. The molecular formula is C12H15F3N2O4. The van der Waals surface area contributed by atoms with Crippen molar-refractivity contribution in [3.63, 3.8) is 0 Å². The molecule has 0 aliphatic heterocycles. The first-order valence-corrected chi connectivity index (χ1v) is 6.07. The Hall–Kier alpha value is -2.03. The van der Waals surface area contributed by atoms with Crippen molar-refractivity contribution < 1.29 is 33.3 Å². The van der Waals surface area contributed by atoms with Gasteiger partial charge in [0, 0.05) is 0 Å². The van der Waals surface area contributed by atoms with Crippen LogP contribution in [0.5, 0.6) is 5.75 Å². The van der Waals surface area contributed by atoms with Gasteiger partial charge < -0.3 is 15.3 Å². The molecule has 0 spiro atoms. The quantitative estimate of drug-likeness (QED) is 0.774. The Morgan fingerprint density at radius 1 is 1.43 bits per heavy atom. The zero-order valence-electron chi connectivity index (χ0n) is 11.1. The number of carboxylic acid groups (broad SMARTS) is 1. The number of rotatable bonds is 5. The van der Waals surface area contributed by atoms with Gasteiger partial charge in [-0.25, -0.2) is 9.78 Å². The van der Waals surface area contributed by atoms with Crippen molar-refractivity contribution in [2.75, 3.05) is 6.54 Å². The fraction of sp³-hybridized carbons (Fsp3) is 0.500. The van der Waals surface area contributed by atoms with Crippen LogP contribution in [-0.4, -0.2) is 43.9 Å². The van der Waals surface area contributed by atoms with E-state index in [0.29, 0.717) is 11.0 Å². The SMILES string of the molecule is CCC(O)CN(Cc1nc(C(F)(F)F)ccc1O)C(=O)O. The van der Waals surface area contributed by atoms with Crippen molar-refractivity contribution in [1.29, 1.82) is 0 Å². The van der Waals surface area contributed by atoms with Crippen LogP contribution in [-0.2, 0) is 12.7 Å². The fourth-order valence-corrected chi connectivity index (χ4v) is 1.54. The van der Waals surface area contributed by atoms with E-state index in [1.54, 1.807) is 6.92 Å². The lowest BCUT2D eigenvalue weighted by atomic mass is 10.2. The maximum atomic E-state index is 12.5. The van der Waals surface area contributed by atoms with Crippen LogP contribution in [0.3, 0.4) is 0 Å². The highest BCUT2D eigenvalue weighted by Crippen LogP contribution is 2.30. The number of aromatic hydroxyl groups is 1. The molecule has 1 atom stereocenters. The van der Waals surface area contributed by atoms with Crippen LogP contribution in [0.15, 0.2) is 12.1 Å². The van der Waals surface area contributed by atoms with Gasteiger partial charge in [-0.1, -0.05) is 6.92 Å². The maximum Gasteiger partial charge on any atom is 0.433 e. The monoisotopic (exact) mass is 308 g/mol. The molecule has 0 bridgehead atoms.